The van der Waals surface area contributed by atoms with E-state index in [0.29, 0.717) is 18.7 Å². The number of benzodiazepines with no additional fused rings is 1. The molecule has 35 heavy (non-hydrogen) atoms. The third-order valence-electron chi connectivity index (χ3n) is 6.18. The maximum Gasteiger partial charge on any atom is 0.272 e. The lowest BCUT2D eigenvalue weighted by molar-refractivity contribution is -0.135. The second kappa shape index (κ2) is 11.6. The van der Waals surface area contributed by atoms with Crippen LogP contribution >= 0.6 is 0 Å². The minimum absolute atomic E-state index is 0.141. The number of anilines is 1. The molecular formula is C28H34N4O3. The zero-order chi connectivity index (χ0) is 25.5. The largest absolute Gasteiger partial charge is 0.369 e. The van der Waals surface area contributed by atoms with Crippen molar-refractivity contribution < 1.29 is 14.4 Å². The van der Waals surface area contributed by atoms with Crippen LogP contribution in [0.1, 0.15) is 44.7 Å². The smallest absolute Gasteiger partial charge is 0.272 e. The number of rotatable bonds is 10. The van der Waals surface area contributed by atoms with Gasteiger partial charge < -0.3 is 16.0 Å². The number of nitrogens with one attached hydrogen (secondary N) is 1. The van der Waals surface area contributed by atoms with Crippen molar-refractivity contribution in [3.63, 3.8) is 0 Å². The van der Waals surface area contributed by atoms with Gasteiger partial charge in [0.25, 0.3) is 5.91 Å². The third-order valence-corrected chi connectivity index (χ3v) is 6.18. The van der Waals surface area contributed by atoms with Crippen molar-refractivity contribution in [1.82, 2.24) is 5.32 Å². The number of amides is 3. The zero-order valence-corrected chi connectivity index (χ0v) is 20.6. The fraction of sp³-hybridized carbons (Fsp3) is 0.357. The summed E-state index contributed by atoms with van der Waals surface area (Å²) in [6.07, 6.45) is 1.18. The normalized spacial score (nSPS) is 17.1. The molecule has 0 saturated carbocycles. The third kappa shape index (κ3) is 5.85. The van der Waals surface area contributed by atoms with Gasteiger partial charge in [-0.1, -0.05) is 68.5 Å². The number of carbonyl (C=O) groups excluding carboxylic acids is 3. The van der Waals surface area contributed by atoms with Gasteiger partial charge in [-0.25, -0.2) is 4.99 Å². The van der Waals surface area contributed by atoms with Crippen LogP contribution in [0.3, 0.4) is 0 Å². The molecule has 184 valence electrons. The van der Waals surface area contributed by atoms with Gasteiger partial charge in [0.15, 0.2) is 0 Å². The lowest BCUT2D eigenvalue weighted by atomic mass is 9.82. The van der Waals surface area contributed by atoms with Gasteiger partial charge in [-0.2, -0.15) is 0 Å². The predicted molar refractivity (Wildman–Crippen MR) is 139 cm³/mol. The first-order valence-corrected chi connectivity index (χ1v) is 12.0. The highest BCUT2D eigenvalue weighted by Crippen LogP contribution is 2.29. The van der Waals surface area contributed by atoms with Crippen LogP contribution in [0, 0.1) is 17.8 Å². The van der Waals surface area contributed by atoms with E-state index in [1.54, 1.807) is 11.0 Å². The molecule has 0 fully saturated rings. The predicted octanol–water partition coefficient (Wildman–Crippen LogP) is 3.67. The van der Waals surface area contributed by atoms with E-state index in [1.165, 1.54) is 0 Å². The van der Waals surface area contributed by atoms with E-state index in [4.69, 9.17) is 10.7 Å². The van der Waals surface area contributed by atoms with Crippen molar-refractivity contribution in [2.75, 3.05) is 11.4 Å². The number of nitrogens with zero attached hydrogens (tertiary/aromatic N) is 2. The molecule has 0 radical (unpaired) electrons. The number of fused-ring (bicyclic) bond motifs is 1. The fourth-order valence-corrected chi connectivity index (χ4v) is 4.54. The fourth-order valence-electron chi connectivity index (χ4n) is 4.54. The van der Waals surface area contributed by atoms with Crippen molar-refractivity contribution in [2.24, 2.45) is 28.5 Å². The van der Waals surface area contributed by atoms with Crippen LogP contribution in [0.15, 0.2) is 72.2 Å². The Bertz CT molecular complexity index is 1110. The molecule has 0 bridgehead atoms. The maximum atomic E-state index is 13.6. The summed E-state index contributed by atoms with van der Waals surface area (Å²) in [5.41, 5.74) is 8.66. The summed E-state index contributed by atoms with van der Waals surface area (Å²) in [5, 5.41) is 2.85. The number of hydrogen-bond acceptors (Lipinski definition) is 4. The van der Waals surface area contributed by atoms with Crippen LogP contribution < -0.4 is 16.0 Å². The number of benzene rings is 2. The maximum absolute atomic E-state index is 13.6. The molecule has 0 aromatic heterocycles. The summed E-state index contributed by atoms with van der Waals surface area (Å²) in [4.78, 5) is 45.8. The highest BCUT2D eigenvalue weighted by Gasteiger charge is 2.37. The Morgan fingerprint density at radius 1 is 1.11 bits per heavy atom. The van der Waals surface area contributed by atoms with Crippen molar-refractivity contribution >= 4 is 29.1 Å². The number of aliphatic imine (C=N–C) groups is 1. The molecule has 0 aliphatic carbocycles. The monoisotopic (exact) mass is 474 g/mol. The van der Waals surface area contributed by atoms with Gasteiger partial charge >= 0.3 is 0 Å². The van der Waals surface area contributed by atoms with Crippen LogP contribution in [0.2, 0.25) is 0 Å². The highest BCUT2D eigenvalue weighted by atomic mass is 16.2. The summed E-state index contributed by atoms with van der Waals surface area (Å²) in [6, 6.07) is 17.2. The first-order chi connectivity index (χ1) is 16.8. The Morgan fingerprint density at radius 3 is 2.37 bits per heavy atom. The van der Waals surface area contributed by atoms with E-state index >= 15 is 0 Å². The lowest BCUT2D eigenvalue weighted by Crippen LogP contribution is -2.50. The second-order valence-electron chi connectivity index (χ2n) is 9.12. The summed E-state index contributed by atoms with van der Waals surface area (Å²) >= 11 is 0. The molecule has 7 heteroatoms. The number of para-hydroxylation sites is 1. The number of nitrogens with two attached hydrogens (primary N) is 1. The quantitative estimate of drug-likeness (QED) is 0.513. The van der Waals surface area contributed by atoms with Crippen molar-refractivity contribution in [3.8, 4) is 0 Å². The number of carbonyl (C=O) groups is 3. The highest BCUT2D eigenvalue weighted by molar-refractivity contribution is 6.20. The van der Waals surface area contributed by atoms with Crippen molar-refractivity contribution in [3.05, 3.63) is 78.4 Å². The summed E-state index contributed by atoms with van der Waals surface area (Å²) in [5.74, 6) is -2.58. The van der Waals surface area contributed by atoms with E-state index in [9.17, 15) is 14.4 Å². The number of likely N-dealkylation sites (N-methyl/N-ethyl adjacent to an activating group) is 1. The molecule has 2 aromatic carbocycles. The van der Waals surface area contributed by atoms with Crippen LogP contribution in [-0.4, -0.2) is 36.1 Å². The van der Waals surface area contributed by atoms with Crippen LogP contribution in [-0.2, 0) is 14.4 Å². The Morgan fingerprint density at radius 2 is 1.77 bits per heavy atom. The van der Waals surface area contributed by atoms with Gasteiger partial charge in [-0.15, -0.1) is 6.58 Å². The molecule has 1 aliphatic heterocycles. The molecule has 0 unspecified atom stereocenters. The molecular weight excluding hydrogens is 440 g/mol. The Kier molecular flexibility index (Phi) is 8.58. The summed E-state index contributed by atoms with van der Waals surface area (Å²) < 4.78 is 0. The number of hydrogen-bond donors (Lipinski definition) is 2. The SMILES string of the molecule is C=CC[C@H](C(N)=O)[C@@H](CC(C)C)C(=O)N[C@H]1N=C(c2ccccc2)c2ccccc2N(CC)C1=O. The van der Waals surface area contributed by atoms with Crippen LogP contribution in [0.25, 0.3) is 0 Å². The molecule has 7 nitrogen and oxygen atoms in total. The second-order valence-corrected chi connectivity index (χ2v) is 9.12. The number of primary amides is 1. The molecule has 0 saturated heterocycles. The van der Waals surface area contributed by atoms with Crippen LogP contribution in [0.4, 0.5) is 5.69 Å². The molecule has 1 aliphatic rings. The van der Waals surface area contributed by atoms with E-state index in [0.717, 1.165) is 16.8 Å². The van der Waals surface area contributed by atoms with Gasteiger partial charge in [-0.05, 0) is 31.7 Å². The molecule has 3 N–H and O–H groups in total. The minimum atomic E-state index is -1.14. The van der Waals surface area contributed by atoms with E-state index in [2.05, 4.69) is 11.9 Å². The Balaban J connectivity index is 2.06. The average molecular weight is 475 g/mol. The van der Waals surface area contributed by atoms with E-state index in [-0.39, 0.29) is 18.2 Å². The topological polar surface area (TPSA) is 105 Å². The van der Waals surface area contributed by atoms with Gasteiger partial charge in [0, 0.05) is 17.7 Å². The molecule has 3 rings (SSSR count). The molecule has 3 atom stereocenters. The van der Waals surface area contributed by atoms with Crippen molar-refractivity contribution in [1.29, 1.82) is 0 Å². The molecule has 2 aromatic rings. The standard InChI is InChI=1S/C28H34N4O3/c1-5-12-20(25(29)33)22(17-18(3)4)27(34)31-26-28(35)32(6-2)23-16-11-10-15-21(23)24(30-26)19-13-8-7-9-14-19/h5,7-11,13-16,18,20,22,26H,1,6,12,17H2,2-4H3,(H2,29,33)(H,31,34)/t20-,22+,26+/m0/s1. The summed E-state index contributed by atoms with van der Waals surface area (Å²) in [6.45, 7) is 9.96. The van der Waals surface area contributed by atoms with E-state index in [1.807, 2.05) is 75.4 Å². The molecule has 0 spiro atoms. The first kappa shape index (κ1) is 25.9. The van der Waals surface area contributed by atoms with E-state index < -0.39 is 29.8 Å². The molecule has 3 amide bonds. The minimum Gasteiger partial charge on any atom is -0.369 e. The van der Waals surface area contributed by atoms with Gasteiger partial charge in [0.1, 0.15) is 0 Å². The Labute approximate surface area is 207 Å². The lowest BCUT2D eigenvalue weighted by Gasteiger charge is -2.28. The average Bonchev–Trinajstić information content (AvgIpc) is 2.95. The number of allylic oxidation sites excluding steroid dienone is 1. The van der Waals surface area contributed by atoms with Gasteiger partial charge in [0.05, 0.1) is 23.2 Å². The Hall–Kier alpha value is -3.74. The zero-order valence-electron chi connectivity index (χ0n) is 20.6. The first-order valence-electron chi connectivity index (χ1n) is 12.0. The van der Waals surface area contributed by atoms with Gasteiger partial charge in [-0.3, -0.25) is 14.4 Å². The van der Waals surface area contributed by atoms with Crippen molar-refractivity contribution in [2.45, 2.75) is 39.8 Å². The van der Waals surface area contributed by atoms with Gasteiger partial charge in [0.2, 0.25) is 18.0 Å². The summed E-state index contributed by atoms with van der Waals surface area (Å²) in [7, 11) is 0. The molecule has 1 heterocycles. The van der Waals surface area contributed by atoms with Crippen LogP contribution in [0.5, 0.6) is 0 Å².